The number of carbonyl (C=O) groups excluding carboxylic acids is 2. The van der Waals surface area contributed by atoms with Gasteiger partial charge in [0, 0.05) is 49.2 Å². The van der Waals surface area contributed by atoms with Crippen LogP contribution in [0.4, 0.5) is 10.5 Å². The van der Waals surface area contributed by atoms with E-state index in [4.69, 9.17) is 0 Å². The Kier molecular flexibility index (Phi) is 6.56. The molecule has 1 aromatic heterocycles. The molecule has 3 N–H and O–H groups in total. The first kappa shape index (κ1) is 18.5. The molecular weight excluding hydrogens is 318 g/mol. The van der Waals surface area contributed by atoms with Gasteiger partial charge in [0.1, 0.15) is 0 Å². The van der Waals surface area contributed by atoms with Gasteiger partial charge in [-0.05, 0) is 44.5 Å². The lowest BCUT2D eigenvalue weighted by atomic mass is 10.1. The van der Waals surface area contributed by atoms with E-state index >= 15 is 0 Å². The molecule has 0 radical (unpaired) electrons. The fourth-order valence-electron chi connectivity index (χ4n) is 2.53. The zero-order valence-corrected chi connectivity index (χ0v) is 14.9. The predicted molar refractivity (Wildman–Crippen MR) is 97.7 cm³/mol. The molecule has 3 amide bonds. The van der Waals surface area contributed by atoms with Crippen molar-refractivity contribution < 1.29 is 9.59 Å². The molecule has 0 saturated heterocycles. The van der Waals surface area contributed by atoms with E-state index in [0.717, 1.165) is 11.3 Å². The number of urea groups is 1. The van der Waals surface area contributed by atoms with E-state index in [-0.39, 0.29) is 11.9 Å². The topological polar surface area (TPSA) is 90.1 Å². The molecule has 0 aliphatic carbocycles. The van der Waals surface area contributed by atoms with Crippen LogP contribution in [-0.2, 0) is 6.42 Å². The number of imidazole rings is 1. The van der Waals surface area contributed by atoms with Gasteiger partial charge in [0.15, 0.2) is 0 Å². The van der Waals surface area contributed by atoms with Gasteiger partial charge in [-0.15, -0.1) is 0 Å². The van der Waals surface area contributed by atoms with Crippen LogP contribution in [0.15, 0.2) is 30.7 Å². The lowest BCUT2D eigenvalue weighted by molar-refractivity contribution is 0.0773. The second kappa shape index (κ2) is 8.86. The number of carbonyl (C=O) groups is 2. The van der Waals surface area contributed by atoms with Gasteiger partial charge in [-0.25, -0.2) is 9.78 Å². The Bertz CT molecular complexity index is 708. The number of hydrogen-bond acceptors (Lipinski definition) is 3. The molecule has 1 aromatic carbocycles. The van der Waals surface area contributed by atoms with Crippen molar-refractivity contribution in [3.05, 3.63) is 47.5 Å². The lowest BCUT2D eigenvalue weighted by Crippen LogP contribution is -2.31. The number of amides is 3. The highest BCUT2D eigenvalue weighted by Crippen LogP contribution is 2.17. The number of rotatable bonds is 7. The summed E-state index contributed by atoms with van der Waals surface area (Å²) >= 11 is 0. The Balaban J connectivity index is 1.91. The van der Waals surface area contributed by atoms with E-state index in [1.54, 1.807) is 35.6 Å². The Morgan fingerprint density at radius 1 is 1.24 bits per heavy atom. The fourth-order valence-corrected chi connectivity index (χ4v) is 2.53. The highest BCUT2D eigenvalue weighted by Gasteiger charge is 2.14. The minimum absolute atomic E-state index is 0.00339. The summed E-state index contributed by atoms with van der Waals surface area (Å²) in [6, 6.07) is 5.04. The lowest BCUT2D eigenvalue weighted by Gasteiger charge is -2.19. The van der Waals surface area contributed by atoms with Crippen LogP contribution in [0.3, 0.4) is 0 Å². The van der Waals surface area contributed by atoms with Gasteiger partial charge in [-0.3, -0.25) is 4.79 Å². The summed E-state index contributed by atoms with van der Waals surface area (Å²) in [6.45, 7) is 7.64. The number of H-pyrrole nitrogens is 1. The quantitative estimate of drug-likeness (QED) is 0.722. The molecule has 1 heterocycles. The van der Waals surface area contributed by atoms with E-state index in [0.29, 0.717) is 37.3 Å². The summed E-state index contributed by atoms with van der Waals surface area (Å²) in [5.41, 5.74) is 3.14. The van der Waals surface area contributed by atoms with Crippen molar-refractivity contribution in [2.45, 2.75) is 27.2 Å². The molecule has 134 valence electrons. The van der Waals surface area contributed by atoms with E-state index in [1.807, 2.05) is 20.8 Å². The van der Waals surface area contributed by atoms with Crippen molar-refractivity contribution >= 4 is 17.6 Å². The van der Waals surface area contributed by atoms with Crippen LogP contribution in [-0.4, -0.2) is 46.4 Å². The van der Waals surface area contributed by atoms with Crippen LogP contribution < -0.4 is 10.6 Å². The van der Waals surface area contributed by atoms with Gasteiger partial charge in [0.25, 0.3) is 5.91 Å². The minimum atomic E-state index is -0.273. The van der Waals surface area contributed by atoms with Crippen LogP contribution in [0.5, 0.6) is 0 Å². The molecule has 0 bridgehead atoms. The standard InChI is InChI=1S/C18H25N5O2/c1-4-23(5-2)17(24)14-6-7-16(13(3)10-14)22-18(25)20-9-8-15-11-19-12-21-15/h6-7,10-12H,4-5,8-9H2,1-3H3,(H,19,21)(H2,20,22,25). The number of anilines is 1. The summed E-state index contributed by atoms with van der Waals surface area (Å²) in [7, 11) is 0. The first-order valence-electron chi connectivity index (χ1n) is 8.47. The molecule has 7 heteroatoms. The van der Waals surface area contributed by atoms with E-state index in [2.05, 4.69) is 20.6 Å². The molecule has 0 saturated carbocycles. The van der Waals surface area contributed by atoms with Gasteiger partial charge in [0.2, 0.25) is 0 Å². The molecule has 0 atom stereocenters. The average Bonchev–Trinajstić information content (AvgIpc) is 3.11. The third-order valence-electron chi connectivity index (χ3n) is 4.01. The smallest absolute Gasteiger partial charge is 0.319 e. The molecule has 2 aromatic rings. The number of aromatic nitrogens is 2. The third-order valence-corrected chi connectivity index (χ3v) is 4.01. The van der Waals surface area contributed by atoms with Crippen molar-refractivity contribution in [1.82, 2.24) is 20.2 Å². The molecule has 7 nitrogen and oxygen atoms in total. The van der Waals surface area contributed by atoms with Gasteiger partial charge < -0.3 is 20.5 Å². The zero-order valence-electron chi connectivity index (χ0n) is 14.9. The molecule has 0 spiro atoms. The highest BCUT2D eigenvalue weighted by atomic mass is 16.2. The zero-order chi connectivity index (χ0) is 18.2. The highest BCUT2D eigenvalue weighted by molar-refractivity contribution is 5.96. The van der Waals surface area contributed by atoms with Gasteiger partial charge in [-0.2, -0.15) is 0 Å². The number of benzene rings is 1. The summed E-state index contributed by atoms with van der Waals surface area (Å²) in [6.07, 6.45) is 4.03. The SMILES string of the molecule is CCN(CC)C(=O)c1ccc(NC(=O)NCCc2cnc[nH]2)c(C)c1. The molecule has 0 unspecified atom stereocenters. The van der Waals surface area contributed by atoms with E-state index < -0.39 is 0 Å². The summed E-state index contributed by atoms with van der Waals surface area (Å²) in [4.78, 5) is 33.0. The van der Waals surface area contributed by atoms with Crippen LogP contribution in [0.2, 0.25) is 0 Å². The molecule has 2 rings (SSSR count). The third kappa shape index (κ3) is 5.07. The Morgan fingerprint density at radius 2 is 2.00 bits per heavy atom. The van der Waals surface area contributed by atoms with Crippen LogP contribution >= 0.6 is 0 Å². The fraction of sp³-hybridized carbons (Fsp3) is 0.389. The van der Waals surface area contributed by atoms with Crippen molar-refractivity contribution in [3.63, 3.8) is 0 Å². The van der Waals surface area contributed by atoms with Crippen molar-refractivity contribution in [3.8, 4) is 0 Å². The largest absolute Gasteiger partial charge is 0.348 e. The van der Waals surface area contributed by atoms with E-state index in [9.17, 15) is 9.59 Å². The van der Waals surface area contributed by atoms with Crippen molar-refractivity contribution in [2.24, 2.45) is 0 Å². The molecule has 0 aliphatic heterocycles. The van der Waals surface area contributed by atoms with Gasteiger partial charge in [0.05, 0.1) is 6.33 Å². The van der Waals surface area contributed by atoms with Crippen LogP contribution in [0.1, 0.15) is 35.5 Å². The predicted octanol–water partition coefficient (Wildman–Crippen LogP) is 2.56. The number of aromatic amines is 1. The minimum Gasteiger partial charge on any atom is -0.348 e. The van der Waals surface area contributed by atoms with E-state index in [1.165, 1.54) is 0 Å². The van der Waals surface area contributed by atoms with Crippen molar-refractivity contribution in [2.75, 3.05) is 25.0 Å². The number of nitrogens with one attached hydrogen (secondary N) is 3. The average molecular weight is 343 g/mol. The number of hydrogen-bond donors (Lipinski definition) is 3. The maximum atomic E-state index is 12.4. The molecule has 0 aliphatic rings. The number of aryl methyl sites for hydroxylation is 1. The summed E-state index contributed by atoms with van der Waals surface area (Å²) in [5, 5.41) is 5.61. The maximum Gasteiger partial charge on any atom is 0.319 e. The summed E-state index contributed by atoms with van der Waals surface area (Å²) < 4.78 is 0. The Hall–Kier alpha value is -2.83. The van der Waals surface area contributed by atoms with Crippen LogP contribution in [0, 0.1) is 6.92 Å². The second-order valence-electron chi connectivity index (χ2n) is 5.71. The maximum absolute atomic E-state index is 12.4. The molecule has 0 fully saturated rings. The first-order valence-corrected chi connectivity index (χ1v) is 8.47. The molecule has 25 heavy (non-hydrogen) atoms. The van der Waals surface area contributed by atoms with Crippen molar-refractivity contribution in [1.29, 1.82) is 0 Å². The monoisotopic (exact) mass is 343 g/mol. The molecular formula is C18H25N5O2. The summed E-state index contributed by atoms with van der Waals surface area (Å²) in [5.74, 6) is 0.00339. The second-order valence-corrected chi connectivity index (χ2v) is 5.71. The van der Waals surface area contributed by atoms with Gasteiger partial charge in [-0.1, -0.05) is 0 Å². The Labute approximate surface area is 147 Å². The Morgan fingerprint density at radius 3 is 2.60 bits per heavy atom. The number of nitrogens with zero attached hydrogens (tertiary/aromatic N) is 2. The van der Waals surface area contributed by atoms with Gasteiger partial charge >= 0.3 is 6.03 Å². The first-order chi connectivity index (χ1) is 12.0. The normalized spacial score (nSPS) is 10.4. The van der Waals surface area contributed by atoms with Crippen LogP contribution in [0.25, 0.3) is 0 Å².